The van der Waals surface area contributed by atoms with Gasteiger partial charge in [0.2, 0.25) is 0 Å². The van der Waals surface area contributed by atoms with Gasteiger partial charge in [-0.2, -0.15) is 0 Å². The van der Waals surface area contributed by atoms with Crippen molar-refractivity contribution < 1.29 is 4.79 Å². The first-order valence-corrected chi connectivity index (χ1v) is 8.49. The molecule has 1 amide bonds. The summed E-state index contributed by atoms with van der Waals surface area (Å²) in [6.45, 7) is 0. The molecule has 8 heteroatoms. The number of carbonyl (C=O) groups is 1. The Kier molecular flexibility index (Phi) is 4.33. The van der Waals surface area contributed by atoms with Gasteiger partial charge in [-0.3, -0.25) is 4.79 Å². The minimum Gasteiger partial charge on any atom is -0.307 e. The summed E-state index contributed by atoms with van der Waals surface area (Å²) in [6, 6.07) is 5.23. The largest absolute Gasteiger partial charge is 0.307 e. The third-order valence-corrected chi connectivity index (χ3v) is 5.30. The molecule has 1 saturated heterocycles. The molecule has 2 heterocycles. The molecule has 0 saturated carbocycles. The van der Waals surface area contributed by atoms with Crippen molar-refractivity contribution in [3.05, 3.63) is 44.2 Å². The summed E-state index contributed by atoms with van der Waals surface area (Å²) < 4.78 is 0.467. The number of thiocarbonyl (C=S) groups is 1. The summed E-state index contributed by atoms with van der Waals surface area (Å²) >= 11 is 19.8. The van der Waals surface area contributed by atoms with E-state index in [-0.39, 0.29) is 5.91 Å². The van der Waals surface area contributed by atoms with E-state index in [1.165, 1.54) is 23.1 Å². The third-order valence-electron chi connectivity index (χ3n) is 2.60. The van der Waals surface area contributed by atoms with Crippen LogP contribution in [0.15, 0.2) is 29.3 Å². The maximum absolute atomic E-state index is 11.6. The number of nitrogens with one attached hydrogen (secondary N) is 1. The Labute approximate surface area is 144 Å². The van der Waals surface area contributed by atoms with Gasteiger partial charge in [-0.15, -0.1) is 11.3 Å². The van der Waals surface area contributed by atoms with Crippen LogP contribution in [0.4, 0.5) is 0 Å². The number of hydrogen-bond acceptors (Lipinski definition) is 5. The highest BCUT2D eigenvalue weighted by Crippen LogP contribution is 2.35. The lowest BCUT2D eigenvalue weighted by Crippen LogP contribution is -2.17. The van der Waals surface area contributed by atoms with E-state index in [0.717, 1.165) is 15.4 Å². The number of carbonyl (C=O) groups excluding carboxylic acids is 1. The van der Waals surface area contributed by atoms with Crippen molar-refractivity contribution in [1.29, 1.82) is 0 Å². The molecule has 0 atom stereocenters. The molecule has 1 aliphatic rings. The first kappa shape index (κ1) is 15.0. The van der Waals surface area contributed by atoms with Crippen molar-refractivity contribution in [3.8, 4) is 10.6 Å². The predicted octanol–water partition coefficient (Wildman–Crippen LogP) is 4.61. The molecule has 1 aromatic heterocycles. The Morgan fingerprint density at radius 3 is 2.86 bits per heavy atom. The summed E-state index contributed by atoms with van der Waals surface area (Å²) in [6.07, 6.45) is 3.46. The van der Waals surface area contributed by atoms with Gasteiger partial charge in [-0.05, 0) is 24.3 Å². The van der Waals surface area contributed by atoms with Gasteiger partial charge in [0.15, 0.2) is 0 Å². The average Bonchev–Trinajstić information content (AvgIpc) is 3.00. The molecule has 1 aliphatic heterocycles. The molecule has 1 fully saturated rings. The summed E-state index contributed by atoms with van der Waals surface area (Å²) in [4.78, 5) is 17.4. The summed E-state index contributed by atoms with van der Waals surface area (Å²) in [5.41, 5.74) is 0.776. The van der Waals surface area contributed by atoms with E-state index in [0.29, 0.717) is 19.3 Å². The molecule has 0 bridgehead atoms. The molecule has 3 nitrogen and oxygen atoms in total. The zero-order valence-electron chi connectivity index (χ0n) is 10.2. The van der Waals surface area contributed by atoms with Crippen molar-refractivity contribution >= 4 is 74.8 Å². The van der Waals surface area contributed by atoms with Crippen LogP contribution in [0.25, 0.3) is 16.6 Å². The fraction of sp³-hybridized carbons (Fsp3) is 0. The molecule has 21 heavy (non-hydrogen) atoms. The van der Waals surface area contributed by atoms with Crippen molar-refractivity contribution in [1.82, 2.24) is 10.3 Å². The maximum atomic E-state index is 11.6. The summed E-state index contributed by atoms with van der Waals surface area (Å²) in [7, 11) is 0. The van der Waals surface area contributed by atoms with E-state index >= 15 is 0 Å². The lowest BCUT2D eigenvalue weighted by Gasteiger charge is -2.00. The number of thiazole rings is 1. The number of thioether (sulfide) groups is 1. The zero-order chi connectivity index (χ0) is 15.0. The molecule has 3 rings (SSSR count). The summed E-state index contributed by atoms with van der Waals surface area (Å²) in [5, 5.41) is 4.51. The van der Waals surface area contributed by atoms with Crippen LogP contribution in [-0.4, -0.2) is 15.2 Å². The van der Waals surface area contributed by atoms with E-state index in [4.69, 9.17) is 35.4 Å². The number of aromatic nitrogens is 1. The van der Waals surface area contributed by atoms with Crippen LogP contribution >= 0.6 is 58.5 Å². The second-order valence-corrected chi connectivity index (χ2v) is 7.67. The highest BCUT2D eigenvalue weighted by atomic mass is 35.5. The van der Waals surface area contributed by atoms with Gasteiger partial charge in [0.25, 0.3) is 5.91 Å². The Bertz CT molecular complexity index is 785. The standard InChI is InChI=1S/C13H6Cl2N2OS3/c14-6-1-2-9(15)8(3-6)12-16-5-7(20-12)4-10-11(18)17-13(19)21-10/h1-5H,(H,17,18,19)/b10-4-. The van der Waals surface area contributed by atoms with Crippen molar-refractivity contribution in [2.45, 2.75) is 0 Å². The Hall–Kier alpha value is -0.920. The molecule has 1 N–H and O–H groups in total. The normalized spacial score (nSPS) is 16.6. The van der Waals surface area contributed by atoms with Crippen LogP contribution in [0.2, 0.25) is 10.0 Å². The van der Waals surface area contributed by atoms with Gasteiger partial charge in [-0.1, -0.05) is 47.2 Å². The SMILES string of the molecule is O=C1NC(=S)S/C1=C\c1cnc(-c2cc(Cl)ccc2Cl)s1. The van der Waals surface area contributed by atoms with Crippen LogP contribution in [-0.2, 0) is 4.79 Å². The van der Waals surface area contributed by atoms with Gasteiger partial charge < -0.3 is 5.32 Å². The molecule has 0 spiro atoms. The average molecular weight is 373 g/mol. The quantitative estimate of drug-likeness (QED) is 0.617. The number of benzene rings is 1. The van der Waals surface area contributed by atoms with Crippen molar-refractivity contribution in [2.75, 3.05) is 0 Å². The lowest BCUT2D eigenvalue weighted by molar-refractivity contribution is -0.115. The molecule has 1 aromatic carbocycles. The second kappa shape index (κ2) is 6.06. The Morgan fingerprint density at radius 2 is 2.14 bits per heavy atom. The molecular formula is C13H6Cl2N2OS3. The van der Waals surface area contributed by atoms with E-state index in [1.54, 1.807) is 30.5 Å². The fourth-order valence-corrected chi connectivity index (χ4v) is 4.12. The topological polar surface area (TPSA) is 42.0 Å². The monoisotopic (exact) mass is 372 g/mol. The van der Waals surface area contributed by atoms with Crippen LogP contribution in [0.5, 0.6) is 0 Å². The number of rotatable bonds is 2. The van der Waals surface area contributed by atoms with Crippen LogP contribution < -0.4 is 5.32 Å². The smallest absolute Gasteiger partial charge is 0.263 e. The van der Waals surface area contributed by atoms with Crippen LogP contribution in [0.1, 0.15) is 4.88 Å². The lowest BCUT2D eigenvalue weighted by atomic mass is 10.2. The van der Waals surface area contributed by atoms with Gasteiger partial charge in [0, 0.05) is 21.7 Å². The third kappa shape index (κ3) is 3.30. The minimum atomic E-state index is -0.180. The number of amides is 1. The van der Waals surface area contributed by atoms with E-state index in [1.807, 2.05) is 0 Å². The van der Waals surface area contributed by atoms with Gasteiger partial charge >= 0.3 is 0 Å². The van der Waals surface area contributed by atoms with Gasteiger partial charge in [-0.25, -0.2) is 4.98 Å². The highest BCUT2D eigenvalue weighted by molar-refractivity contribution is 8.26. The molecule has 0 radical (unpaired) electrons. The van der Waals surface area contributed by atoms with Crippen LogP contribution in [0, 0.1) is 0 Å². The van der Waals surface area contributed by atoms with Crippen LogP contribution in [0.3, 0.4) is 0 Å². The molecule has 106 valence electrons. The first-order chi connectivity index (χ1) is 10.0. The molecule has 2 aromatic rings. The number of nitrogens with zero attached hydrogens (tertiary/aromatic N) is 1. The fourth-order valence-electron chi connectivity index (χ4n) is 1.69. The molecule has 0 unspecified atom stereocenters. The zero-order valence-corrected chi connectivity index (χ0v) is 14.2. The number of hydrogen-bond donors (Lipinski definition) is 1. The van der Waals surface area contributed by atoms with Crippen molar-refractivity contribution in [3.63, 3.8) is 0 Å². The maximum Gasteiger partial charge on any atom is 0.263 e. The molecule has 0 aliphatic carbocycles. The second-order valence-electron chi connectivity index (χ2n) is 4.04. The predicted molar refractivity (Wildman–Crippen MR) is 93.9 cm³/mol. The Morgan fingerprint density at radius 1 is 1.33 bits per heavy atom. The van der Waals surface area contributed by atoms with Gasteiger partial charge in [0.05, 0.1) is 9.93 Å². The number of halogens is 2. The van der Waals surface area contributed by atoms with E-state index in [2.05, 4.69) is 10.3 Å². The first-order valence-electron chi connectivity index (χ1n) is 5.69. The highest BCUT2D eigenvalue weighted by Gasteiger charge is 2.22. The minimum absolute atomic E-state index is 0.180. The molecular weight excluding hydrogens is 367 g/mol. The van der Waals surface area contributed by atoms with E-state index < -0.39 is 0 Å². The summed E-state index contributed by atoms with van der Waals surface area (Å²) in [5.74, 6) is -0.180. The van der Waals surface area contributed by atoms with E-state index in [9.17, 15) is 4.79 Å². The Balaban J connectivity index is 1.94. The van der Waals surface area contributed by atoms with Crippen molar-refractivity contribution in [2.24, 2.45) is 0 Å². The van der Waals surface area contributed by atoms with Gasteiger partial charge in [0.1, 0.15) is 9.33 Å².